The van der Waals surface area contributed by atoms with Crippen molar-refractivity contribution in [2.75, 3.05) is 31.5 Å². The van der Waals surface area contributed by atoms with Gasteiger partial charge < -0.3 is 14.6 Å². The fourth-order valence-corrected chi connectivity index (χ4v) is 3.50. The van der Waals surface area contributed by atoms with Gasteiger partial charge in [0.15, 0.2) is 0 Å². The molecule has 3 rings (SSSR count). The van der Waals surface area contributed by atoms with Gasteiger partial charge in [0, 0.05) is 43.5 Å². The number of rotatable bonds is 7. The zero-order valence-electron chi connectivity index (χ0n) is 15.8. The van der Waals surface area contributed by atoms with Crippen molar-refractivity contribution < 1.29 is 9.21 Å². The third-order valence-electron chi connectivity index (χ3n) is 5.10. The first-order valence-electron chi connectivity index (χ1n) is 9.60. The molecule has 1 aliphatic heterocycles. The minimum atomic E-state index is 0.104. The molecule has 1 N–H and O–H groups in total. The van der Waals surface area contributed by atoms with Crippen LogP contribution in [0, 0.1) is 0 Å². The van der Waals surface area contributed by atoms with Crippen LogP contribution in [0.25, 0.3) is 0 Å². The molecular formula is C21H29N3O2. The molecule has 140 valence electrons. The molecule has 1 amide bonds. The third kappa shape index (κ3) is 4.67. The van der Waals surface area contributed by atoms with Gasteiger partial charge in [0.25, 0.3) is 5.91 Å². The summed E-state index contributed by atoms with van der Waals surface area (Å²) >= 11 is 0. The average molecular weight is 355 g/mol. The molecule has 26 heavy (non-hydrogen) atoms. The number of likely N-dealkylation sites (tertiary alicyclic amines) is 1. The number of piperidine rings is 1. The van der Waals surface area contributed by atoms with Crippen LogP contribution in [-0.2, 0) is 6.54 Å². The van der Waals surface area contributed by atoms with Crippen LogP contribution in [0.2, 0.25) is 0 Å². The van der Waals surface area contributed by atoms with Gasteiger partial charge in [0.2, 0.25) is 0 Å². The smallest absolute Gasteiger partial charge is 0.253 e. The van der Waals surface area contributed by atoms with E-state index in [2.05, 4.69) is 10.2 Å². The van der Waals surface area contributed by atoms with E-state index >= 15 is 0 Å². The maximum absolute atomic E-state index is 12.4. The highest BCUT2D eigenvalue weighted by molar-refractivity contribution is 5.94. The molecule has 0 saturated carbocycles. The van der Waals surface area contributed by atoms with Crippen molar-refractivity contribution in [1.82, 2.24) is 9.80 Å². The standard InChI is InChI=1S/C21H29N3O2/c1-3-24(4-2)21(25)17-7-9-18(10-8-17)22-19-11-13-23(14-12-19)16-20-6-5-15-26-20/h5-10,15,19,22H,3-4,11-14,16H2,1-2H3. The molecule has 2 aromatic rings. The molecule has 5 heteroatoms. The van der Waals surface area contributed by atoms with E-state index < -0.39 is 0 Å². The lowest BCUT2D eigenvalue weighted by Crippen LogP contribution is -2.38. The molecule has 0 atom stereocenters. The van der Waals surface area contributed by atoms with Gasteiger partial charge in [-0.15, -0.1) is 0 Å². The number of furan rings is 1. The summed E-state index contributed by atoms with van der Waals surface area (Å²) in [7, 11) is 0. The third-order valence-corrected chi connectivity index (χ3v) is 5.10. The van der Waals surface area contributed by atoms with Crippen molar-refractivity contribution in [3.8, 4) is 0 Å². The fourth-order valence-electron chi connectivity index (χ4n) is 3.50. The molecule has 2 heterocycles. The van der Waals surface area contributed by atoms with E-state index in [0.29, 0.717) is 6.04 Å². The van der Waals surface area contributed by atoms with Crippen LogP contribution in [0.3, 0.4) is 0 Å². The van der Waals surface area contributed by atoms with Crippen molar-refractivity contribution in [3.05, 3.63) is 54.0 Å². The molecule has 5 nitrogen and oxygen atoms in total. The number of hydrogen-bond acceptors (Lipinski definition) is 4. The number of nitrogens with zero attached hydrogens (tertiary/aromatic N) is 2. The van der Waals surface area contributed by atoms with Gasteiger partial charge >= 0.3 is 0 Å². The SMILES string of the molecule is CCN(CC)C(=O)c1ccc(NC2CCN(Cc3ccco3)CC2)cc1. The Bertz CT molecular complexity index is 670. The summed E-state index contributed by atoms with van der Waals surface area (Å²) in [6.45, 7) is 8.53. The first-order valence-corrected chi connectivity index (χ1v) is 9.60. The van der Waals surface area contributed by atoms with E-state index in [1.165, 1.54) is 0 Å². The van der Waals surface area contributed by atoms with E-state index in [-0.39, 0.29) is 5.91 Å². The van der Waals surface area contributed by atoms with E-state index in [9.17, 15) is 4.79 Å². The highest BCUT2D eigenvalue weighted by atomic mass is 16.3. The highest BCUT2D eigenvalue weighted by Gasteiger charge is 2.20. The Kier molecular flexibility index (Phi) is 6.34. The quantitative estimate of drug-likeness (QED) is 0.820. The lowest BCUT2D eigenvalue weighted by atomic mass is 10.0. The van der Waals surface area contributed by atoms with Crippen LogP contribution in [0.5, 0.6) is 0 Å². The molecule has 1 saturated heterocycles. The molecule has 0 bridgehead atoms. The van der Waals surface area contributed by atoms with Gasteiger partial charge in [-0.05, 0) is 63.1 Å². The number of nitrogens with one attached hydrogen (secondary N) is 1. The van der Waals surface area contributed by atoms with Crippen LogP contribution >= 0.6 is 0 Å². The number of hydrogen-bond donors (Lipinski definition) is 1. The maximum Gasteiger partial charge on any atom is 0.253 e. The molecule has 0 spiro atoms. The molecule has 0 unspecified atom stereocenters. The largest absolute Gasteiger partial charge is 0.468 e. The molecule has 1 aromatic carbocycles. The zero-order valence-corrected chi connectivity index (χ0v) is 15.8. The lowest BCUT2D eigenvalue weighted by molar-refractivity contribution is 0.0773. The Morgan fingerprint density at radius 3 is 2.42 bits per heavy atom. The summed E-state index contributed by atoms with van der Waals surface area (Å²) in [6.07, 6.45) is 3.96. The number of anilines is 1. The van der Waals surface area contributed by atoms with Crippen LogP contribution in [0.1, 0.15) is 42.8 Å². The fraction of sp³-hybridized carbons (Fsp3) is 0.476. The summed E-state index contributed by atoms with van der Waals surface area (Å²) < 4.78 is 5.43. The van der Waals surface area contributed by atoms with Crippen molar-refractivity contribution >= 4 is 11.6 Å². The Morgan fingerprint density at radius 2 is 1.85 bits per heavy atom. The first kappa shape index (κ1) is 18.5. The van der Waals surface area contributed by atoms with E-state index in [0.717, 1.165) is 62.6 Å². The summed E-state index contributed by atoms with van der Waals surface area (Å²) in [5.74, 6) is 1.14. The van der Waals surface area contributed by atoms with Crippen LogP contribution in [-0.4, -0.2) is 47.9 Å². The van der Waals surface area contributed by atoms with Crippen LogP contribution in [0.15, 0.2) is 47.1 Å². The summed E-state index contributed by atoms with van der Waals surface area (Å²) in [4.78, 5) is 16.6. The van der Waals surface area contributed by atoms with E-state index in [1.54, 1.807) is 6.26 Å². The summed E-state index contributed by atoms with van der Waals surface area (Å²) in [6, 6.07) is 12.3. The van der Waals surface area contributed by atoms with Gasteiger partial charge in [-0.1, -0.05) is 0 Å². The number of benzene rings is 1. The minimum Gasteiger partial charge on any atom is -0.468 e. The topological polar surface area (TPSA) is 48.7 Å². The predicted molar refractivity (Wildman–Crippen MR) is 104 cm³/mol. The normalized spacial score (nSPS) is 15.8. The predicted octanol–water partition coefficient (Wildman–Crippen LogP) is 3.84. The van der Waals surface area contributed by atoms with Gasteiger partial charge in [-0.25, -0.2) is 0 Å². The number of carbonyl (C=O) groups is 1. The Balaban J connectivity index is 1.48. The maximum atomic E-state index is 12.4. The Hall–Kier alpha value is -2.27. The zero-order chi connectivity index (χ0) is 18.4. The lowest BCUT2D eigenvalue weighted by Gasteiger charge is -2.32. The Morgan fingerprint density at radius 1 is 1.15 bits per heavy atom. The van der Waals surface area contributed by atoms with Crippen LogP contribution < -0.4 is 5.32 Å². The minimum absolute atomic E-state index is 0.104. The van der Waals surface area contributed by atoms with Gasteiger partial charge in [-0.2, -0.15) is 0 Å². The average Bonchev–Trinajstić information content (AvgIpc) is 3.18. The molecule has 1 fully saturated rings. The summed E-state index contributed by atoms with van der Waals surface area (Å²) in [5, 5.41) is 3.61. The second kappa shape index (κ2) is 8.90. The second-order valence-electron chi connectivity index (χ2n) is 6.83. The second-order valence-corrected chi connectivity index (χ2v) is 6.83. The molecule has 1 aromatic heterocycles. The monoisotopic (exact) mass is 355 g/mol. The van der Waals surface area contributed by atoms with Crippen molar-refractivity contribution in [2.45, 2.75) is 39.3 Å². The van der Waals surface area contributed by atoms with Crippen molar-refractivity contribution in [3.63, 3.8) is 0 Å². The van der Waals surface area contributed by atoms with Crippen molar-refractivity contribution in [2.24, 2.45) is 0 Å². The van der Waals surface area contributed by atoms with E-state index in [4.69, 9.17) is 4.42 Å². The number of carbonyl (C=O) groups excluding carboxylic acids is 1. The van der Waals surface area contributed by atoms with Gasteiger partial charge in [0.05, 0.1) is 12.8 Å². The van der Waals surface area contributed by atoms with E-state index in [1.807, 2.05) is 55.1 Å². The van der Waals surface area contributed by atoms with Crippen molar-refractivity contribution in [1.29, 1.82) is 0 Å². The first-order chi connectivity index (χ1) is 12.7. The number of amides is 1. The highest BCUT2D eigenvalue weighted by Crippen LogP contribution is 2.19. The van der Waals surface area contributed by atoms with Gasteiger partial charge in [-0.3, -0.25) is 9.69 Å². The van der Waals surface area contributed by atoms with Gasteiger partial charge in [0.1, 0.15) is 5.76 Å². The molecule has 0 aliphatic carbocycles. The molecule has 0 radical (unpaired) electrons. The van der Waals surface area contributed by atoms with Crippen LogP contribution in [0.4, 0.5) is 5.69 Å². The molecule has 1 aliphatic rings. The molecular weight excluding hydrogens is 326 g/mol. The summed E-state index contributed by atoms with van der Waals surface area (Å²) in [5.41, 5.74) is 1.85. The Labute approximate surface area is 156 Å².